The number of hydrogen-bond donors (Lipinski definition) is 1. The van der Waals surface area contributed by atoms with Crippen LogP contribution in [0.15, 0.2) is 54.6 Å². The fraction of sp³-hybridized carbons (Fsp3) is 0.105. The summed E-state index contributed by atoms with van der Waals surface area (Å²) < 4.78 is 16.0. The number of fused-ring (bicyclic) bond motifs is 2. The second-order valence-electron chi connectivity index (χ2n) is 5.42. The Morgan fingerprint density at radius 2 is 1.75 bits per heavy atom. The topological polar surface area (TPSA) is 56.8 Å². The van der Waals surface area contributed by atoms with Crippen molar-refractivity contribution in [1.29, 1.82) is 0 Å². The average Bonchev–Trinajstić information content (AvgIpc) is 3.08. The molecule has 0 bridgehead atoms. The van der Waals surface area contributed by atoms with Crippen LogP contribution >= 0.6 is 0 Å². The van der Waals surface area contributed by atoms with Crippen molar-refractivity contribution in [3.05, 3.63) is 60.2 Å². The van der Waals surface area contributed by atoms with E-state index in [2.05, 4.69) is 5.32 Å². The fourth-order valence-electron chi connectivity index (χ4n) is 2.74. The van der Waals surface area contributed by atoms with E-state index in [1.165, 1.54) is 0 Å². The second-order valence-corrected chi connectivity index (χ2v) is 5.42. The van der Waals surface area contributed by atoms with Crippen LogP contribution in [0.1, 0.15) is 10.4 Å². The van der Waals surface area contributed by atoms with Gasteiger partial charge in [0.15, 0.2) is 11.5 Å². The highest BCUT2D eigenvalue weighted by Gasteiger charge is 2.17. The molecule has 3 aromatic rings. The largest absolute Gasteiger partial charge is 0.496 e. The Morgan fingerprint density at radius 3 is 2.54 bits per heavy atom. The summed E-state index contributed by atoms with van der Waals surface area (Å²) in [5, 5.41) is 4.88. The fourth-order valence-corrected chi connectivity index (χ4v) is 2.74. The summed E-state index contributed by atoms with van der Waals surface area (Å²) in [6.45, 7) is 0.200. The number of carbonyl (C=O) groups excluding carboxylic acids is 1. The molecule has 1 amide bonds. The van der Waals surface area contributed by atoms with Crippen molar-refractivity contribution >= 4 is 22.4 Å². The third-order valence-electron chi connectivity index (χ3n) is 3.94. The van der Waals surface area contributed by atoms with Gasteiger partial charge < -0.3 is 19.5 Å². The summed E-state index contributed by atoms with van der Waals surface area (Å²) >= 11 is 0. The van der Waals surface area contributed by atoms with E-state index in [0.717, 1.165) is 10.8 Å². The SMILES string of the molecule is COc1cc2ccccc2cc1C(=O)Nc1ccc2c(c1)OCO2. The van der Waals surface area contributed by atoms with Gasteiger partial charge in [0.2, 0.25) is 6.79 Å². The van der Waals surface area contributed by atoms with E-state index in [-0.39, 0.29) is 12.7 Å². The van der Waals surface area contributed by atoms with Crippen molar-refractivity contribution in [2.24, 2.45) is 0 Å². The third kappa shape index (κ3) is 2.50. The lowest BCUT2D eigenvalue weighted by molar-refractivity contribution is 0.102. The summed E-state index contributed by atoms with van der Waals surface area (Å²) in [5.41, 5.74) is 1.12. The van der Waals surface area contributed by atoms with Gasteiger partial charge in [-0.05, 0) is 35.0 Å². The van der Waals surface area contributed by atoms with Crippen LogP contribution in [0.2, 0.25) is 0 Å². The quantitative estimate of drug-likeness (QED) is 0.796. The van der Waals surface area contributed by atoms with Crippen molar-refractivity contribution < 1.29 is 19.0 Å². The summed E-state index contributed by atoms with van der Waals surface area (Å²) in [5.74, 6) is 1.60. The maximum absolute atomic E-state index is 12.7. The summed E-state index contributed by atoms with van der Waals surface area (Å²) in [7, 11) is 1.56. The highest BCUT2D eigenvalue weighted by atomic mass is 16.7. The first-order chi connectivity index (χ1) is 11.7. The van der Waals surface area contributed by atoms with Crippen LogP contribution in [-0.4, -0.2) is 19.8 Å². The van der Waals surface area contributed by atoms with Crippen LogP contribution in [0.4, 0.5) is 5.69 Å². The number of amides is 1. The molecule has 120 valence electrons. The van der Waals surface area contributed by atoms with Gasteiger partial charge in [-0.2, -0.15) is 0 Å². The standard InChI is InChI=1S/C19H15NO4/c1-22-17-9-13-5-3-2-4-12(13)8-15(17)19(21)20-14-6-7-16-18(10-14)24-11-23-16/h2-10H,11H2,1H3,(H,20,21). The molecule has 24 heavy (non-hydrogen) atoms. The lowest BCUT2D eigenvalue weighted by atomic mass is 10.1. The molecule has 0 saturated heterocycles. The van der Waals surface area contributed by atoms with E-state index in [4.69, 9.17) is 14.2 Å². The minimum Gasteiger partial charge on any atom is -0.496 e. The Balaban J connectivity index is 1.67. The Hall–Kier alpha value is -3.21. The molecule has 0 saturated carbocycles. The minimum atomic E-state index is -0.239. The minimum absolute atomic E-state index is 0.200. The predicted molar refractivity (Wildman–Crippen MR) is 91.0 cm³/mol. The van der Waals surface area contributed by atoms with E-state index < -0.39 is 0 Å². The molecule has 0 aromatic heterocycles. The zero-order valence-corrected chi connectivity index (χ0v) is 13.0. The number of ether oxygens (including phenoxy) is 3. The molecule has 4 rings (SSSR count). The first kappa shape index (κ1) is 14.4. The van der Waals surface area contributed by atoms with Gasteiger partial charge in [0.25, 0.3) is 5.91 Å². The Kier molecular flexibility index (Phi) is 3.46. The van der Waals surface area contributed by atoms with Crippen LogP contribution in [0, 0.1) is 0 Å². The highest BCUT2D eigenvalue weighted by molar-refractivity contribution is 6.08. The number of hydrogen-bond acceptors (Lipinski definition) is 4. The summed E-state index contributed by atoms with van der Waals surface area (Å²) in [6.07, 6.45) is 0. The molecule has 5 heteroatoms. The van der Waals surface area contributed by atoms with E-state index in [0.29, 0.717) is 28.5 Å². The zero-order valence-electron chi connectivity index (χ0n) is 13.0. The molecule has 1 aliphatic rings. The van der Waals surface area contributed by atoms with Gasteiger partial charge in [-0.3, -0.25) is 4.79 Å². The van der Waals surface area contributed by atoms with Crippen LogP contribution in [0.5, 0.6) is 17.2 Å². The Bertz CT molecular complexity index is 936. The molecule has 0 radical (unpaired) electrons. The van der Waals surface area contributed by atoms with Gasteiger partial charge in [-0.25, -0.2) is 0 Å². The van der Waals surface area contributed by atoms with Crippen molar-refractivity contribution in [2.75, 3.05) is 19.2 Å². The van der Waals surface area contributed by atoms with Gasteiger partial charge in [0.05, 0.1) is 12.7 Å². The molecule has 0 spiro atoms. The molecule has 1 heterocycles. The monoisotopic (exact) mass is 321 g/mol. The summed E-state index contributed by atoms with van der Waals surface area (Å²) in [4.78, 5) is 12.7. The lowest BCUT2D eigenvalue weighted by Gasteiger charge is -2.11. The highest BCUT2D eigenvalue weighted by Crippen LogP contribution is 2.34. The number of rotatable bonds is 3. The normalized spacial score (nSPS) is 12.2. The molecular weight excluding hydrogens is 306 g/mol. The zero-order chi connectivity index (χ0) is 16.5. The van der Waals surface area contributed by atoms with Gasteiger partial charge in [-0.15, -0.1) is 0 Å². The number of anilines is 1. The van der Waals surface area contributed by atoms with Crippen molar-refractivity contribution in [2.45, 2.75) is 0 Å². The molecular formula is C19H15NO4. The molecule has 1 N–H and O–H groups in total. The second kappa shape index (κ2) is 5.77. The maximum atomic E-state index is 12.7. The van der Waals surface area contributed by atoms with E-state index in [9.17, 15) is 4.79 Å². The van der Waals surface area contributed by atoms with Crippen LogP contribution in [-0.2, 0) is 0 Å². The average molecular weight is 321 g/mol. The van der Waals surface area contributed by atoms with Crippen molar-refractivity contribution in [3.8, 4) is 17.2 Å². The number of carbonyl (C=O) groups is 1. The Labute approximate surface area is 138 Å². The molecule has 3 aromatic carbocycles. The molecule has 0 atom stereocenters. The first-order valence-corrected chi connectivity index (χ1v) is 7.52. The van der Waals surface area contributed by atoms with E-state index >= 15 is 0 Å². The summed E-state index contributed by atoms with van der Waals surface area (Å²) in [6, 6.07) is 16.8. The van der Waals surface area contributed by atoms with Gasteiger partial charge >= 0.3 is 0 Å². The number of nitrogens with one attached hydrogen (secondary N) is 1. The molecule has 5 nitrogen and oxygen atoms in total. The van der Waals surface area contributed by atoms with Gasteiger partial charge in [-0.1, -0.05) is 24.3 Å². The van der Waals surface area contributed by atoms with E-state index in [1.807, 2.05) is 36.4 Å². The lowest BCUT2D eigenvalue weighted by Crippen LogP contribution is -2.13. The smallest absolute Gasteiger partial charge is 0.259 e. The Morgan fingerprint density at radius 1 is 1.00 bits per heavy atom. The maximum Gasteiger partial charge on any atom is 0.259 e. The van der Waals surface area contributed by atoms with E-state index in [1.54, 1.807) is 25.3 Å². The first-order valence-electron chi connectivity index (χ1n) is 7.52. The van der Waals surface area contributed by atoms with Gasteiger partial charge in [0, 0.05) is 11.8 Å². The molecule has 1 aliphatic heterocycles. The van der Waals surface area contributed by atoms with Gasteiger partial charge in [0.1, 0.15) is 5.75 Å². The molecule has 0 fully saturated rings. The predicted octanol–water partition coefficient (Wildman–Crippen LogP) is 3.83. The molecule has 0 aliphatic carbocycles. The van der Waals surface area contributed by atoms with Crippen molar-refractivity contribution in [3.63, 3.8) is 0 Å². The van der Waals surface area contributed by atoms with Crippen LogP contribution < -0.4 is 19.5 Å². The third-order valence-corrected chi connectivity index (χ3v) is 3.94. The number of methoxy groups -OCH3 is 1. The van der Waals surface area contributed by atoms with Crippen molar-refractivity contribution in [1.82, 2.24) is 0 Å². The number of benzene rings is 3. The molecule has 0 unspecified atom stereocenters. The van der Waals surface area contributed by atoms with Crippen LogP contribution in [0.3, 0.4) is 0 Å². The van der Waals surface area contributed by atoms with Crippen LogP contribution in [0.25, 0.3) is 10.8 Å².